The lowest BCUT2D eigenvalue weighted by Crippen LogP contribution is -2.64. The summed E-state index contributed by atoms with van der Waals surface area (Å²) in [5.41, 5.74) is -1.44. The Morgan fingerprint density at radius 2 is 1.47 bits per heavy atom. The average molecular weight is 426 g/mol. The van der Waals surface area contributed by atoms with Crippen molar-refractivity contribution in [2.75, 3.05) is 0 Å². The number of ether oxygens (including phenoxy) is 2. The van der Waals surface area contributed by atoms with E-state index < -0.39 is 40.6 Å². The van der Waals surface area contributed by atoms with E-state index >= 15 is 0 Å². The minimum Gasteiger partial charge on any atom is -0.504 e. The standard InChI is InChI=1S/C20H30N2O8/c1-18(2,3)29-16(27)21-22(17(28)30-19(4,5)6)20(7,15(25)26)11-12-8-9-13(23)14(24)10-12/h8-10,23-24H,11H2,1-7H3,(H,21,27)(H,25,26)/t20-/m0/s1. The van der Waals surface area contributed by atoms with Gasteiger partial charge in [-0.15, -0.1) is 0 Å². The molecule has 4 N–H and O–H groups in total. The molecule has 0 saturated heterocycles. The third kappa shape index (κ3) is 7.02. The summed E-state index contributed by atoms with van der Waals surface area (Å²) in [6.45, 7) is 10.8. The molecule has 0 spiro atoms. The van der Waals surface area contributed by atoms with Crippen molar-refractivity contribution in [3.05, 3.63) is 23.8 Å². The van der Waals surface area contributed by atoms with Crippen molar-refractivity contribution in [3.63, 3.8) is 0 Å². The first-order chi connectivity index (χ1) is 13.4. The normalized spacial score (nSPS) is 13.7. The molecule has 1 atom stereocenters. The van der Waals surface area contributed by atoms with Gasteiger partial charge >= 0.3 is 18.2 Å². The Bertz CT molecular complexity index is 810. The largest absolute Gasteiger partial charge is 0.504 e. The fourth-order valence-electron chi connectivity index (χ4n) is 2.40. The number of hydrogen-bond donors (Lipinski definition) is 4. The molecular formula is C20H30N2O8. The molecule has 10 nitrogen and oxygen atoms in total. The Morgan fingerprint density at radius 1 is 0.933 bits per heavy atom. The van der Waals surface area contributed by atoms with Crippen LogP contribution in [0.4, 0.5) is 9.59 Å². The summed E-state index contributed by atoms with van der Waals surface area (Å²) < 4.78 is 10.4. The number of nitrogens with zero attached hydrogens (tertiary/aromatic N) is 1. The quantitative estimate of drug-likeness (QED) is 0.424. The Morgan fingerprint density at radius 3 is 1.90 bits per heavy atom. The topological polar surface area (TPSA) is 146 Å². The Hall–Kier alpha value is -3.17. The lowest BCUT2D eigenvalue weighted by molar-refractivity contribution is -0.152. The summed E-state index contributed by atoms with van der Waals surface area (Å²) in [6.07, 6.45) is -2.48. The number of carbonyl (C=O) groups excluding carboxylic acids is 2. The molecule has 1 rings (SSSR count). The number of amides is 2. The van der Waals surface area contributed by atoms with Crippen LogP contribution in [0.25, 0.3) is 0 Å². The van der Waals surface area contributed by atoms with E-state index in [1.807, 2.05) is 0 Å². The van der Waals surface area contributed by atoms with Crippen molar-refractivity contribution in [3.8, 4) is 11.5 Å². The van der Waals surface area contributed by atoms with Crippen LogP contribution in [-0.4, -0.2) is 55.2 Å². The van der Waals surface area contributed by atoms with Gasteiger partial charge in [-0.1, -0.05) is 6.07 Å². The number of carboxylic acid groups (broad SMARTS) is 1. The van der Waals surface area contributed by atoms with Gasteiger partial charge in [0.05, 0.1) is 0 Å². The molecule has 0 aromatic heterocycles. The Labute approximate surface area is 175 Å². The first-order valence-corrected chi connectivity index (χ1v) is 9.22. The molecule has 0 heterocycles. The number of hydrazine groups is 1. The van der Waals surface area contributed by atoms with Gasteiger partial charge in [-0.3, -0.25) is 0 Å². The number of phenolic OH excluding ortho intramolecular Hbond substituents is 2. The molecule has 30 heavy (non-hydrogen) atoms. The van der Waals surface area contributed by atoms with Gasteiger partial charge in [0.2, 0.25) is 0 Å². The second-order valence-electron chi connectivity index (χ2n) is 9.01. The fourth-order valence-corrected chi connectivity index (χ4v) is 2.40. The van der Waals surface area contributed by atoms with Gasteiger partial charge in [-0.2, -0.15) is 5.01 Å². The summed E-state index contributed by atoms with van der Waals surface area (Å²) in [5.74, 6) is -2.28. The predicted octanol–water partition coefficient (Wildman–Crippen LogP) is 3.16. The van der Waals surface area contributed by atoms with E-state index in [0.29, 0.717) is 5.01 Å². The van der Waals surface area contributed by atoms with Crippen LogP contribution in [-0.2, 0) is 20.7 Å². The number of carboxylic acids is 1. The summed E-state index contributed by atoms with van der Waals surface area (Å²) in [5, 5.41) is 29.7. The molecule has 1 aromatic rings. The van der Waals surface area contributed by atoms with E-state index in [1.165, 1.54) is 19.1 Å². The van der Waals surface area contributed by atoms with E-state index in [-0.39, 0.29) is 17.7 Å². The molecule has 0 saturated carbocycles. The maximum absolute atomic E-state index is 12.8. The number of carbonyl (C=O) groups is 3. The molecule has 0 unspecified atom stereocenters. The van der Waals surface area contributed by atoms with Crippen molar-refractivity contribution in [1.82, 2.24) is 10.4 Å². The minimum absolute atomic E-state index is 0.287. The summed E-state index contributed by atoms with van der Waals surface area (Å²) in [6, 6.07) is 3.74. The van der Waals surface area contributed by atoms with E-state index in [4.69, 9.17) is 9.47 Å². The van der Waals surface area contributed by atoms with E-state index in [9.17, 15) is 29.7 Å². The number of aliphatic carboxylic acids is 1. The van der Waals surface area contributed by atoms with Gasteiger partial charge in [-0.05, 0) is 66.2 Å². The highest BCUT2D eigenvalue weighted by atomic mass is 16.6. The second kappa shape index (κ2) is 8.68. The SMILES string of the molecule is CC(C)(C)OC(=O)NN(C(=O)OC(C)(C)C)[C@@](C)(Cc1ccc(O)c(O)c1)C(=O)O. The maximum Gasteiger partial charge on any atom is 0.430 e. The lowest BCUT2D eigenvalue weighted by Gasteiger charge is -2.38. The van der Waals surface area contributed by atoms with Gasteiger partial charge < -0.3 is 24.8 Å². The van der Waals surface area contributed by atoms with Crippen LogP contribution in [0.15, 0.2) is 18.2 Å². The van der Waals surface area contributed by atoms with Crippen molar-refractivity contribution in [2.24, 2.45) is 0 Å². The number of nitrogens with one attached hydrogen (secondary N) is 1. The van der Waals surface area contributed by atoms with Gasteiger partial charge in [0, 0.05) is 6.42 Å². The van der Waals surface area contributed by atoms with Gasteiger partial charge in [0.15, 0.2) is 17.0 Å². The fraction of sp³-hybridized carbons (Fsp3) is 0.550. The molecule has 1 aromatic carbocycles. The monoisotopic (exact) mass is 426 g/mol. The smallest absolute Gasteiger partial charge is 0.430 e. The molecule has 0 bridgehead atoms. The molecule has 10 heteroatoms. The zero-order valence-corrected chi connectivity index (χ0v) is 18.3. The Kier molecular flexibility index (Phi) is 7.20. The van der Waals surface area contributed by atoms with Crippen molar-refractivity contribution in [1.29, 1.82) is 0 Å². The van der Waals surface area contributed by atoms with E-state index in [2.05, 4.69) is 5.43 Å². The van der Waals surface area contributed by atoms with Crippen LogP contribution < -0.4 is 5.43 Å². The molecule has 168 valence electrons. The zero-order chi connectivity index (χ0) is 23.5. The highest BCUT2D eigenvalue weighted by Crippen LogP contribution is 2.29. The summed E-state index contributed by atoms with van der Waals surface area (Å²) in [4.78, 5) is 37.3. The van der Waals surface area contributed by atoms with Gasteiger partial charge in [-0.25, -0.2) is 19.8 Å². The maximum atomic E-state index is 12.8. The highest BCUT2D eigenvalue weighted by molar-refractivity contribution is 5.86. The highest BCUT2D eigenvalue weighted by Gasteiger charge is 2.46. The van der Waals surface area contributed by atoms with Crippen LogP contribution in [0, 0.1) is 0 Å². The molecule has 0 aliphatic heterocycles. The number of phenols is 2. The predicted molar refractivity (Wildman–Crippen MR) is 107 cm³/mol. The van der Waals surface area contributed by atoms with E-state index in [0.717, 1.165) is 6.07 Å². The Balaban J connectivity index is 3.37. The minimum atomic E-state index is -2.03. The molecule has 0 radical (unpaired) electrons. The van der Waals surface area contributed by atoms with Crippen LogP contribution in [0.3, 0.4) is 0 Å². The number of aromatic hydroxyl groups is 2. The second-order valence-corrected chi connectivity index (χ2v) is 9.01. The van der Waals surface area contributed by atoms with Crippen LogP contribution in [0.1, 0.15) is 54.0 Å². The lowest BCUT2D eigenvalue weighted by atomic mass is 9.92. The van der Waals surface area contributed by atoms with Crippen molar-refractivity contribution in [2.45, 2.75) is 71.6 Å². The van der Waals surface area contributed by atoms with Gasteiger partial charge in [0.1, 0.15) is 11.2 Å². The molecule has 0 aliphatic carbocycles. The average Bonchev–Trinajstić information content (AvgIpc) is 2.52. The van der Waals surface area contributed by atoms with E-state index in [1.54, 1.807) is 41.5 Å². The molecule has 0 fully saturated rings. The molecule has 2 amide bonds. The number of rotatable bonds is 4. The summed E-state index contributed by atoms with van der Waals surface area (Å²) >= 11 is 0. The number of hydrogen-bond acceptors (Lipinski definition) is 7. The third-order valence-corrected chi connectivity index (χ3v) is 3.72. The molecule has 0 aliphatic rings. The van der Waals surface area contributed by atoms with Crippen molar-refractivity contribution >= 4 is 18.2 Å². The van der Waals surface area contributed by atoms with Gasteiger partial charge in [0.25, 0.3) is 0 Å². The van der Waals surface area contributed by atoms with Crippen LogP contribution in [0.5, 0.6) is 11.5 Å². The first-order valence-electron chi connectivity index (χ1n) is 9.22. The zero-order valence-electron chi connectivity index (χ0n) is 18.3. The summed E-state index contributed by atoms with van der Waals surface area (Å²) in [7, 11) is 0. The van der Waals surface area contributed by atoms with Crippen LogP contribution >= 0.6 is 0 Å². The number of benzene rings is 1. The van der Waals surface area contributed by atoms with Crippen LogP contribution in [0.2, 0.25) is 0 Å². The molecular weight excluding hydrogens is 396 g/mol. The first kappa shape index (κ1) is 24.9. The third-order valence-electron chi connectivity index (χ3n) is 3.72. The van der Waals surface area contributed by atoms with Crippen molar-refractivity contribution < 1.29 is 39.2 Å².